The lowest BCUT2D eigenvalue weighted by Crippen LogP contribution is -2.12. The van der Waals surface area contributed by atoms with Crippen LogP contribution in [0.2, 0.25) is 0 Å². The van der Waals surface area contributed by atoms with Gasteiger partial charge in [0.15, 0.2) is 5.90 Å². The third kappa shape index (κ3) is 3.21. The first-order chi connectivity index (χ1) is 6.74. The second kappa shape index (κ2) is 5.43. The highest BCUT2D eigenvalue weighted by atomic mass is 16.5. The van der Waals surface area contributed by atoms with Gasteiger partial charge < -0.3 is 4.74 Å². The minimum atomic E-state index is 0.221. The van der Waals surface area contributed by atoms with E-state index in [0.717, 1.165) is 12.0 Å². The molecule has 0 radical (unpaired) electrons. The number of hydrogen-bond acceptors (Lipinski definition) is 2. The molecule has 1 aromatic carbocycles. The van der Waals surface area contributed by atoms with E-state index in [1.54, 1.807) is 0 Å². The third-order valence-corrected chi connectivity index (χ3v) is 2.30. The van der Waals surface area contributed by atoms with Gasteiger partial charge in [0.2, 0.25) is 0 Å². The van der Waals surface area contributed by atoms with Crippen molar-refractivity contribution in [2.24, 2.45) is 5.92 Å². The monoisotopic (exact) mass is 191 g/mol. The molecule has 0 aliphatic rings. The number of benzene rings is 1. The molecule has 2 nitrogen and oxygen atoms in total. The van der Waals surface area contributed by atoms with E-state index in [1.807, 2.05) is 37.3 Å². The molecule has 0 saturated heterocycles. The van der Waals surface area contributed by atoms with Crippen LogP contribution in [-0.4, -0.2) is 5.90 Å². The van der Waals surface area contributed by atoms with Crippen molar-refractivity contribution in [3.63, 3.8) is 0 Å². The van der Waals surface area contributed by atoms with Crippen molar-refractivity contribution in [3.8, 4) is 0 Å². The van der Waals surface area contributed by atoms with Crippen molar-refractivity contribution >= 4 is 5.90 Å². The van der Waals surface area contributed by atoms with Crippen molar-refractivity contribution < 1.29 is 4.74 Å². The molecule has 0 aromatic heterocycles. The molecule has 0 aliphatic carbocycles. The zero-order valence-corrected chi connectivity index (χ0v) is 8.79. The van der Waals surface area contributed by atoms with Crippen molar-refractivity contribution in [1.82, 2.24) is 0 Å². The highest BCUT2D eigenvalue weighted by Crippen LogP contribution is 2.07. The molecule has 1 aromatic rings. The fourth-order valence-electron chi connectivity index (χ4n) is 1.06. The quantitative estimate of drug-likeness (QED) is 0.575. The van der Waals surface area contributed by atoms with Crippen LogP contribution in [0.25, 0.3) is 0 Å². The lowest BCUT2D eigenvalue weighted by atomic mass is 10.1. The molecule has 76 valence electrons. The van der Waals surface area contributed by atoms with Crippen molar-refractivity contribution in [1.29, 1.82) is 5.41 Å². The highest BCUT2D eigenvalue weighted by Gasteiger charge is 2.07. The smallest absolute Gasteiger partial charge is 0.183 e. The van der Waals surface area contributed by atoms with Crippen molar-refractivity contribution in [2.75, 3.05) is 0 Å². The predicted octanol–water partition coefficient (Wildman–Crippen LogP) is 3.23. The maximum Gasteiger partial charge on any atom is 0.183 e. The Kier molecular flexibility index (Phi) is 4.17. The van der Waals surface area contributed by atoms with Gasteiger partial charge in [0.25, 0.3) is 0 Å². The average molecular weight is 191 g/mol. The van der Waals surface area contributed by atoms with Gasteiger partial charge in [-0.15, -0.1) is 0 Å². The maximum absolute atomic E-state index is 7.62. The zero-order valence-electron chi connectivity index (χ0n) is 8.79. The molecule has 0 spiro atoms. The summed E-state index contributed by atoms with van der Waals surface area (Å²) in [6, 6.07) is 9.94. The zero-order chi connectivity index (χ0) is 10.4. The Hall–Kier alpha value is -1.31. The first-order valence-electron chi connectivity index (χ1n) is 4.99. The summed E-state index contributed by atoms with van der Waals surface area (Å²) in [4.78, 5) is 0. The topological polar surface area (TPSA) is 33.1 Å². The molecule has 0 fully saturated rings. The van der Waals surface area contributed by atoms with E-state index in [0.29, 0.717) is 12.5 Å². The minimum Gasteiger partial charge on any atom is -0.476 e. The molecule has 1 atom stereocenters. The van der Waals surface area contributed by atoms with Crippen LogP contribution >= 0.6 is 0 Å². The number of hydrogen-bond donors (Lipinski definition) is 1. The van der Waals surface area contributed by atoms with Gasteiger partial charge in [-0.05, 0) is 12.0 Å². The Morgan fingerprint density at radius 2 is 2.00 bits per heavy atom. The average Bonchev–Trinajstić information content (AvgIpc) is 2.26. The van der Waals surface area contributed by atoms with E-state index in [9.17, 15) is 0 Å². The Morgan fingerprint density at radius 1 is 1.36 bits per heavy atom. The summed E-state index contributed by atoms with van der Waals surface area (Å²) in [7, 11) is 0. The van der Waals surface area contributed by atoms with E-state index >= 15 is 0 Å². The summed E-state index contributed by atoms with van der Waals surface area (Å²) in [6.07, 6.45) is 0.952. The molecule has 1 unspecified atom stereocenters. The first kappa shape index (κ1) is 10.8. The van der Waals surface area contributed by atoms with Gasteiger partial charge in [-0.1, -0.05) is 44.2 Å². The Balaban J connectivity index is 2.38. The van der Waals surface area contributed by atoms with Crippen molar-refractivity contribution in [3.05, 3.63) is 35.9 Å². The van der Waals surface area contributed by atoms with Gasteiger partial charge in [-0.25, -0.2) is 0 Å². The van der Waals surface area contributed by atoms with Crippen LogP contribution in [0, 0.1) is 11.3 Å². The van der Waals surface area contributed by atoms with Crippen LogP contribution in [0.1, 0.15) is 25.8 Å². The molecular weight excluding hydrogens is 174 g/mol. The lowest BCUT2D eigenvalue weighted by Gasteiger charge is -2.11. The molecular formula is C12H17NO. The van der Waals surface area contributed by atoms with Gasteiger partial charge >= 0.3 is 0 Å². The minimum absolute atomic E-state index is 0.221. The van der Waals surface area contributed by atoms with Crippen LogP contribution in [0.5, 0.6) is 0 Å². The number of rotatable bonds is 4. The molecule has 1 N–H and O–H groups in total. The van der Waals surface area contributed by atoms with Gasteiger partial charge in [-0.3, -0.25) is 5.41 Å². The van der Waals surface area contributed by atoms with Crippen LogP contribution in [0.15, 0.2) is 30.3 Å². The maximum atomic E-state index is 7.62. The summed E-state index contributed by atoms with van der Waals surface area (Å²) in [5.41, 5.74) is 1.11. The molecule has 2 heteroatoms. The Labute approximate surface area is 85.4 Å². The van der Waals surface area contributed by atoms with E-state index < -0.39 is 0 Å². The van der Waals surface area contributed by atoms with Crippen LogP contribution < -0.4 is 0 Å². The molecule has 14 heavy (non-hydrogen) atoms. The molecule has 0 aliphatic heterocycles. The number of nitrogens with one attached hydrogen (secondary N) is 1. The van der Waals surface area contributed by atoms with E-state index in [4.69, 9.17) is 10.1 Å². The summed E-state index contributed by atoms with van der Waals surface area (Å²) >= 11 is 0. The van der Waals surface area contributed by atoms with E-state index in [1.165, 1.54) is 0 Å². The second-order valence-electron chi connectivity index (χ2n) is 3.45. The van der Waals surface area contributed by atoms with Crippen molar-refractivity contribution in [2.45, 2.75) is 26.9 Å². The SMILES string of the molecule is CCC(C)C(=N)OCc1ccccc1. The standard InChI is InChI=1S/C12H17NO/c1-3-10(2)12(13)14-9-11-7-5-4-6-8-11/h4-8,10,13H,3,9H2,1-2H3. The molecule has 0 bridgehead atoms. The molecule has 0 heterocycles. The Morgan fingerprint density at radius 3 is 2.57 bits per heavy atom. The van der Waals surface area contributed by atoms with Gasteiger partial charge in [0.1, 0.15) is 6.61 Å². The summed E-state index contributed by atoms with van der Waals surface area (Å²) in [5, 5.41) is 7.62. The van der Waals surface area contributed by atoms with Crippen LogP contribution in [0.3, 0.4) is 0 Å². The largest absolute Gasteiger partial charge is 0.476 e. The second-order valence-corrected chi connectivity index (χ2v) is 3.45. The van der Waals surface area contributed by atoms with Crippen LogP contribution in [-0.2, 0) is 11.3 Å². The molecule has 1 rings (SSSR count). The van der Waals surface area contributed by atoms with Gasteiger partial charge in [-0.2, -0.15) is 0 Å². The fourth-order valence-corrected chi connectivity index (χ4v) is 1.06. The normalized spacial score (nSPS) is 12.1. The summed E-state index contributed by atoms with van der Waals surface area (Å²) in [5.74, 6) is 0.607. The van der Waals surface area contributed by atoms with E-state index in [2.05, 4.69) is 6.92 Å². The highest BCUT2D eigenvalue weighted by molar-refractivity contribution is 5.74. The van der Waals surface area contributed by atoms with E-state index in [-0.39, 0.29) is 5.92 Å². The summed E-state index contributed by atoms with van der Waals surface area (Å²) in [6.45, 7) is 4.57. The first-order valence-corrected chi connectivity index (χ1v) is 4.99. The van der Waals surface area contributed by atoms with Gasteiger partial charge in [0.05, 0.1) is 0 Å². The predicted molar refractivity (Wildman–Crippen MR) is 58.4 cm³/mol. The summed E-state index contributed by atoms with van der Waals surface area (Å²) < 4.78 is 5.36. The molecule has 0 amide bonds. The number of ether oxygens (including phenoxy) is 1. The van der Waals surface area contributed by atoms with Crippen LogP contribution in [0.4, 0.5) is 0 Å². The Bertz CT molecular complexity index is 282. The van der Waals surface area contributed by atoms with Gasteiger partial charge in [0, 0.05) is 5.92 Å². The third-order valence-electron chi connectivity index (χ3n) is 2.30. The molecule has 0 saturated carbocycles. The lowest BCUT2D eigenvalue weighted by molar-refractivity contribution is 0.266. The fraction of sp³-hybridized carbons (Fsp3) is 0.417.